The van der Waals surface area contributed by atoms with Crippen LogP contribution >= 0.6 is 7.53 Å². The monoisotopic (exact) mass is 732 g/mol. The van der Waals surface area contributed by atoms with Crippen LogP contribution < -0.4 is 0 Å². The summed E-state index contributed by atoms with van der Waals surface area (Å²) in [5.41, 5.74) is 3.54. The van der Waals surface area contributed by atoms with Crippen molar-refractivity contribution in [3.8, 4) is 22.0 Å². The molecule has 0 N–H and O–H groups in total. The molecule has 0 saturated carbocycles. The van der Waals surface area contributed by atoms with Crippen molar-refractivity contribution in [2.24, 2.45) is 0 Å². The number of carbonyl (C=O) groups is 2. The molecule has 0 spiro atoms. The minimum Gasteiger partial charge on any atom is 0 e. The fourth-order valence-corrected chi connectivity index (χ4v) is 5.81. The summed E-state index contributed by atoms with van der Waals surface area (Å²) in [6, 6.07) is 20.0. The van der Waals surface area contributed by atoms with E-state index in [0.29, 0.717) is 31.4 Å². The zero-order valence-corrected chi connectivity index (χ0v) is 25.5. The molecular weight excluding hydrogens is 707 g/mol. The molecule has 206 valence electrons. The average molecular weight is 732 g/mol. The fraction of sp³-hybridized carbons (Fsp3) is 0.207. The normalized spacial score (nSPS) is 8.35. The van der Waals surface area contributed by atoms with Gasteiger partial charge in [0.05, 0.1) is 25.2 Å². The van der Waals surface area contributed by atoms with Crippen LogP contribution in [0.25, 0.3) is 22.0 Å². The van der Waals surface area contributed by atoms with Crippen molar-refractivity contribution in [2.75, 3.05) is 13.2 Å². The number of hydrogen-bond donors (Lipinski definition) is 0. The molecule has 1 atom stereocenters. The maximum absolute atomic E-state index is 12.8. The number of rotatable bonds is 8. The van der Waals surface area contributed by atoms with Gasteiger partial charge in [-0.3, -0.25) is 4.79 Å². The molecule has 0 fully saturated rings. The van der Waals surface area contributed by atoms with Gasteiger partial charge in [0.25, 0.3) is 0 Å². The van der Waals surface area contributed by atoms with Crippen LogP contribution in [-0.4, -0.2) is 25.2 Å². The van der Waals surface area contributed by atoms with Crippen molar-refractivity contribution < 1.29 is 63.4 Å². The van der Waals surface area contributed by atoms with E-state index in [-0.39, 0.29) is 33.0 Å². The van der Waals surface area contributed by atoms with Gasteiger partial charge < -0.3 is 9.47 Å². The van der Waals surface area contributed by atoms with Crippen LogP contribution in [0.2, 0.25) is 0 Å². The third-order valence-corrected chi connectivity index (χ3v) is 6.88. The minimum absolute atomic E-state index is 0. The molecule has 0 saturated heterocycles. The van der Waals surface area contributed by atoms with Crippen LogP contribution in [0.4, 0.5) is 0 Å². The Morgan fingerprint density at radius 2 is 1.12 bits per heavy atom. The van der Waals surface area contributed by atoms with E-state index in [0.717, 1.165) is 22.0 Å². The van der Waals surface area contributed by atoms with Crippen molar-refractivity contribution in [3.63, 3.8) is 0 Å². The summed E-state index contributed by atoms with van der Waals surface area (Å²) in [5, 5.41) is 1.11. The molecule has 3 aromatic rings. The Kier molecular flexibility index (Phi) is 32.8. The molecule has 1 heterocycles. The quantitative estimate of drug-likeness (QED) is 0.160. The molecular formula is C29H25O9PW. The maximum Gasteiger partial charge on any atom is 0 e. The number of aryl methyl sites for hydroxylation is 1. The second kappa shape index (κ2) is 30.1. The summed E-state index contributed by atoms with van der Waals surface area (Å²) < 4.78 is 48.0. The van der Waals surface area contributed by atoms with Crippen LogP contribution in [0.15, 0.2) is 66.5 Å². The van der Waals surface area contributed by atoms with Gasteiger partial charge in [0.2, 0.25) is 0 Å². The van der Waals surface area contributed by atoms with E-state index in [2.05, 4.69) is 45.4 Å². The smallest absolute Gasteiger partial charge is 0 e. The molecule has 0 amide bonds. The van der Waals surface area contributed by atoms with E-state index in [4.69, 9.17) is 32.7 Å². The number of carbonyl (C=O) groups excluding carboxylic acids is 2. The van der Waals surface area contributed by atoms with Crippen molar-refractivity contribution in [3.05, 3.63) is 105 Å². The van der Waals surface area contributed by atoms with E-state index in [1.165, 1.54) is 0 Å². The molecule has 0 aliphatic heterocycles. The standard InChI is InChI=1S/C24H25O4P.5CO.W/c1-3-27-21(25)15-16-29-17-20(24(26)28-4-2)22(18-11-7-5-8-12-18)23(29)19-13-9-6-10-14-19;5*1-2;/h5-14,17H,3-4,15-16H2,1-2H3;;;;;;. The summed E-state index contributed by atoms with van der Waals surface area (Å²) in [7, 11) is -0.858. The first kappa shape index (κ1) is 43.6. The van der Waals surface area contributed by atoms with Gasteiger partial charge in [0.1, 0.15) is 0 Å². The Morgan fingerprint density at radius 3 is 1.55 bits per heavy atom. The zero-order valence-electron chi connectivity index (χ0n) is 21.7. The first-order valence-corrected chi connectivity index (χ1v) is 12.4. The molecule has 2 aromatic carbocycles. The first-order chi connectivity index (χ1) is 19.2. The van der Waals surface area contributed by atoms with Crippen LogP contribution in [0.3, 0.4) is 0 Å². The Hall–Kier alpha value is -3.45. The van der Waals surface area contributed by atoms with Gasteiger partial charge in [-0.2, -0.15) is 0 Å². The first-order valence-electron chi connectivity index (χ1n) is 10.8. The maximum atomic E-state index is 12.8. The number of ether oxygens (including phenoxy) is 2. The average Bonchev–Trinajstić information content (AvgIpc) is 3.42. The molecule has 0 bridgehead atoms. The summed E-state index contributed by atoms with van der Waals surface area (Å²) >= 11 is 0. The fourth-order valence-electron chi connectivity index (χ4n) is 3.34. The minimum atomic E-state index is -0.858. The second-order valence-corrected chi connectivity index (χ2v) is 8.56. The third-order valence-electron chi connectivity index (χ3n) is 4.55. The molecule has 3 rings (SSSR count). The van der Waals surface area contributed by atoms with Gasteiger partial charge in [-0.05, 0) is 36.9 Å². The van der Waals surface area contributed by atoms with Gasteiger partial charge >= 0.3 is 68.5 Å². The molecule has 40 heavy (non-hydrogen) atoms. The van der Waals surface area contributed by atoms with E-state index in [9.17, 15) is 9.59 Å². The Balaban J connectivity index is -0.000000531. The molecule has 1 unspecified atom stereocenters. The zero-order chi connectivity index (χ0) is 30.6. The van der Waals surface area contributed by atoms with Gasteiger partial charge in [-0.15, -0.1) is 7.53 Å². The Bertz CT molecular complexity index is 1160. The predicted molar refractivity (Wildman–Crippen MR) is 137 cm³/mol. The predicted octanol–water partition coefficient (Wildman–Crippen LogP) is 5.95. The molecule has 0 aliphatic rings. The Morgan fingerprint density at radius 1 is 0.700 bits per heavy atom. The van der Waals surface area contributed by atoms with Crippen LogP contribution in [0.5, 0.6) is 0 Å². The van der Waals surface area contributed by atoms with Crippen LogP contribution in [0, 0.1) is 33.3 Å². The van der Waals surface area contributed by atoms with Crippen molar-refractivity contribution in [1.29, 1.82) is 0 Å². The molecule has 1 aromatic heterocycles. The number of benzene rings is 2. The summed E-state index contributed by atoms with van der Waals surface area (Å²) in [6.45, 7) is 26.8. The van der Waals surface area contributed by atoms with Gasteiger partial charge in [0.15, 0.2) is 0 Å². The van der Waals surface area contributed by atoms with Crippen molar-refractivity contribution >= 4 is 19.5 Å². The second-order valence-electron chi connectivity index (χ2n) is 6.47. The summed E-state index contributed by atoms with van der Waals surface area (Å²) in [6.07, 6.45) is 0.961. The molecule has 11 heteroatoms. The van der Waals surface area contributed by atoms with Crippen LogP contribution in [-0.2, 0) is 64.8 Å². The Labute approximate surface area is 249 Å². The van der Waals surface area contributed by atoms with E-state index in [1.54, 1.807) is 13.8 Å². The number of esters is 2. The van der Waals surface area contributed by atoms with Gasteiger partial charge in [-0.1, -0.05) is 60.7 Å². The molecule has 9 nitrogen and oxygen atoms in total. The van der Waals surface area contributed by atoms with E-state index in [1.807, 2.05) is 54.3 Å². The summed E-state index contributed by atoms with van der Waals surface area (Å²) in [5.74, 6) is 1.49. The SMILES string of the molecule is CCOC(=O)CCp1cc(C(=O)OCC)c(-c2ccccc2)c1-c1ccccc1.[C-]#[O+].[C-]#[O+].[C-]#[O+].[C-]#[O+].[C-]#[O+].[W]. The molecule has 0 aliphatic carbocycles. The van der Waals surface area contributed by atoms with Crippen molar-refractivity contribution in [1.82, 2.24) is 0 Å². The molecule has 0 radical (unpaired) electrons. The summed E-state index contributed by atoms with van der Waals surface area (Å²) in [4.78, 5) is 24.8. The van der Waals surface area contributed by atoms with E-state index < -0.39 is 7.53 Å². The van der Waals surface area contributed by atoms with Gasteiger partial charge in [0, 0.05) is 31.9 Å². The largest absolute Gasteiger partial charge is 0 e. The topological polar surface area (TPSA) is 152 Å². The third kappa shape index (κ3) is 14.6. The van der Waals surface area contributed by atoms with E-state index >= 15 is 0 Å². The van der Waals surface area contributed by atoms with Crippen LogP contribution in [0.1, 0.15) is 30.6 Å². The van der Waals surface area contributed by atoms with Gasteiger partial charge in [-0.25, -0.2) is 4.79 Å². The van der Waals surface area contributed by atoms with Crippen molar-refractivity contribution in [2.45, 2.75) is 26.4 Å². The number of hydrogen-bond acceptors (Lipinski definition) is 4.